The van der Waals surface area contributed by atoms with Crippen LogP contribution in [0, 0.1) is 6.92 Å². The number of anilines is 1. The lowest BCUT2D eigenvalue weighted by Crippen LogP contribution is -2.45. The second kappa shape index (κ2) is 4.57. The fraction of sp³-hybridized carbons (Fsp3) is 0.636. The van der Waals surface area contributed by atoms with Crippen molar-refractivity contribution in [2.45, 2.75) is 32.2 Å². The first kappa shape index (κ1) is 10.4. The molecular formula is C11H18N4. The number of aryl methyl sites for hydroxylation is 1. The van der Waals surface area contributed by atoms with Crippen LogP contribution in [-0.2, 0) is 0 Å². The summed E-state index contributed by atoms with van der Waals surface area (Å²) in [7, 11) is 0. The highest BCUT2D eigenvalue weighted by Crippen LogP contribution is 2.20. The maximum Gasteiger partial charge on any atom is 0.225 e. The largest absolute Gasteiger partial charge is 0.337 e. The van der Waals surface area contributed by atoms with E-state index >= 15 is 0 Å². The third-order valence-corrected chi connectivity index (χ3v) is 2.94. The summed E-state index contributed by atoms with van der Waals surface area (Å²) in [4.78, 5) is 11.0. The summed E-state index contributed by atoms with van der Waals surface area (Å²) in [5.41, 5.74) is 6.79. The van der Waals surface area contributed by atoms with Crippen LogP contribution in [0.25, 0.3) is 0 Å². The third-order valence-electron chi connectivity index (χ3n) is 2.94. The molecule has 0 saturated carbocycles. The average molecular weight is 206 g/mol. The highest BCUT2D eigenvalue weighted by atomic mass is 15.3. The van der Waals surface area contributed by atoms with Crippen molar-refractivity contribution in [3.05, 3.63) is 18.0 Å². The van der Waals surface area contributed by atoms with E-state index in [-0.39, 0.29) is 0 Å². The highest BCUT2D eigenvalue weighted by Gasteiger charge is 2.22. The van der Waals surface area contributed by atoms with Crippen LogP contribution in [0.1, 0.15) is 25.0 Å². The predicted octanol–water partition coefficient (Wildman–Crippen LogP) is 1.10. The normalized spacial score (nSPS) is 21.7. The Balaban J connectivity index is 2.20. The Morgan fingerprint density at radius 1 is 1.53 bits per heavy atom. The van der Waals surface area contributed by atoms with Crippen molar-refractivity contribution in [3.63, 3.8) is 0 Å². The molecule has 1 aromatic heterocycles. The van der Waals surface area contributed by atoms with Gasteiger partial charge in [0.2, 0.25) is 5.95 Å². The van der Waals surface area contributed by atoms with Gasteiger partial charge in [0.25, 0.3) is 0 Å². The van der Waals surface area contributed by atoms with Gasteiger partial charge < -0.3 is 10.6 Å². The molecule has 15 heavy (non-hydrogen) atoms. The smallest absolute Gasteiger partial charge is 0.225 e. The minimum absolute atomic E-state index is 0.417. The van der Waals surface area contributed by atoms with Crippen molar-refractivity contribution in [2.24, 2.45) is 5.73 Å². The molecule has 1 aliphatic heterocycles. The molecule has 0 bridgehead atoms. The van der Waals surface area contributed by atoms with Crippen molar-refractivity contribution in [1.82, 2.24) is 9.97 Å². The Morgan fingerprint density at radius 2 is 2.40 bits per heavy atom. The Hall–Kier alpha value is -1.16. The molecule has 82 valence electrons. The SMILES string of the molecule is Cc1ccnc(N2CCCC[C@@H]2CN)n1. The first-order valence-corrected chi connectivity index (χ1v) is 5.57. The zero-order valence-electron chi connectivity index (χ0n) is 9.19. The quantitative estimate of drug-likeness (QED) is 0.787. The zero-order chi connectivity index (χ0) is 10.7. The highest BCUT2D eigenvalue weighted by molar-refractivity contribution is 5.32. The van der Waals surface area contributed by atoms with E-state index in [1.807, 2.05) is 19.2 Å². The summed E-state index contributed by atoms with van der Waals surface area (Å²) in [6, 6.07) is 2.34. The standard InChI is InChI=1S/C11H18N4/c1-9-5-6-13-11(14-9)15-7-3-2-4-10(15)8-12/h5-6,10H,2-4,7-8,12H2,1H3/t10-/m1/s1. The van der Waals surface area contributed by atoms with Crippen LogP contribution in [0.15, 0.2) is 12.3 Å². The molecule has 0 amide bonds. The molecule has 0 spiro atoms. The zero-order valence-corrected chi connectivity index (χ0v) is 9.19. The van der Waals surface area contributed by atoms with E-state index in [9.17, 15) is 0 Å². The Morgan fingerprint density at radius 3 is 3.13 bits per heavy atom. The number of piperidine rings is 1. The number of rotatable bonds is 2. The number of hydrogen-bond acceptors (Lipinski definition) is 4. The van der Waals surface area contributed by atoms with Crippen molar-refractivity contribution in [1.29, 1.82) is 0 Å². The van der Waals surface area contributed by atoms with Gasteiger partial charge in [-0.05, 0) is 32.3 Å². The van der Waals surface area contributed by atoms with E-state index < -0.39 is 0 Å². The van der Waals surface area contributed by atoms with Crippen molar-refractivity contribution in [2.75, 3.05) is 18.0 Å². The molecule has 1 saturated heterocycles. The van der Waals surface area contributed by atoms with E-state index in [4.69, 9.17) is 5.73 Å². The van der Waals surface area contributed by atoms with E-state index in [0.29, 0.717) is 12.6 Å². The summed E-state index contributed by atoms with van der Waals surface area (Å²) in [5, 5.41) is 0. The number of nitrogens with zero attached hydrogens (tertiary/aromatic N) is 3. The van der Waals surface area contributed by atoms with Crippen molar-refractivity contribution < 1.29 is 0 Å². The molecule has 2 N–H and O–H groups in total. The molecule has 0 unspecified atom stereocenters. The van der Waals surface area contributed by atoms with Gasteiger partial charge in [-0.25, -0.2) is 9.97 Å². The molecule has 1 atom stereocenters. The molecule has 1 aliphatic rings. The summed E-state index contributed by atoms with van der Waals surface area (Å²) < 4.78 is 0. The molecule has 0 aromatic carbocycles. The van der Waals surface area contributed by atoms with Gasteiger partial charge in [0.05, 0.1) is 0 Å². The van der Waals surface area contributed by atoms with Crippen LogP contribution in [0.4, 0.5) is 5.95 Å². The third kappa shape index (κ3) is 2.26. The lowest BCUT2D eigenvalue weighted by atomic mass is 10.0. The lowest BCUT2D eigenvalue weighted by molar-refractivity contribution is 0.458. The van der Waals surface area contributed by atoms with Gasteiger partial charge in [0.15, 0.2) is 0 Å². The van der Waals surface area contributed by atoms with Gasteiger partial charge >= 0.3 is 0 Å². The van der Waals surface area contributed by atoms with Gasteiger partial charge in [-0.2, -0.15) is 0 Å². The second-order valence-electron chi connectivity index (χ2n) is 4.08. The van der Waals surface area contributed by atoms with Crippen LogP contribution >= 0.6 is 0 Å². The summed E-state index contributed by atoms with van der Waals surface area (Å²) in [5.74, 6) is 0.838. The average Bonchev–Trinajstić information content (AvgIpc) is 2.29. The van der Waals surface area contributed by atoms with Gasteiger partial charge in [-0.3, -0.25) is 0 Å². The Kier molecular flexibility index (Phi) is 3.16. The van der Waals surface area contributed by atoms with Gasteiger partial charge in [-0.15, -0.1) is 0 Å². The molecule has 2 heterocycles. The monoisotopic (exact) mass is 206 g/mol. The van der Waals surface area contributed by atoms with Crippen LogP contribution in [0.2, 0.25) is 0 Å². The molecule has 4 nitrogen and oxygen atoms in total. The van der Waals surface area contributed by atoms with Crippen LogP contribution < -0.4 is 10.6 Å². The minimum Gasteiger partial charge on any atom is -0.337 e. The van der Waals surface area contributed by atoms with Gasteiger partial charge in [0, 0.05) is 31.0 Å². The van der Waals surface area contributed by atoms with Crippen LogP contribution in [-0.4, -0.2) is 29.1 Å². The van der Waals surface area contributed by atoms with E-state index in [1.54, 1.807) is 0 Å². The molecule has 4 heteroatoms. The topological polar surface area (TPSA) is 55.0 Å². The molecule has 0 aliphatic carbocycles. The number of nitrogens with two attached hydrogens (primary N) is 1. The molecule has 1 aromatic rings. The maximum atomic E-state index is 5.77. The first-order chi connectivity index (χ1) is 7.31. The second-order valence-corrected chi connectivity index (χ2v) is 4.08. The summed E-state index contributed by atoms with van der Waals surface area (Å²) >= 11 is 0. The van der Waals surface area contributed by atoms with Gasteiger partial charge in [-0.1, -0.05) is 0 Å². The minimum atomic E-state index is 0.417. The maximum absolute atomic E-state index is 5.77. The fourth-order valence-corrected chi connectivity index (χ4v) is 2.08. The molecule has 2 rings (SSSR count). The van der Waals surface area contributed by atoms with Gasteiger partial charge in [0.1, 0.15) is 0 Å². The number of hydrogen-bond donors (Lipinski definition) is 1. The van der Waals surface area contributed by atoms with E-state index in [1.165, 1.54) is 12.8 Å². The van der Waals surface area contributed by atoms with E-state index in [2.05, 4.69) is 14.9 Å². The molecular weight excluding hydrogens is 188 g/mol. The summed E-state index contributed by atoms with van der Waals surface area (Å²) in [6.45, 7) is 3.72. The van der Waals surface area contributed by atoms with Crippen LogP contribution in [0.3, 0.4) is 0 Å². The Bertz CT molecular complexity index is 326. The van der Waals surface area contributed by atoms with Crippen LogP contribution in [0.5, 0.6) is 0 Å². The van der Waals surface area contributed by atoms with Crippen molar-refractivity contribution in [3.8, 4) is 0 Å². The molecule has 0 radical (unpaired) electrons. The number of aromatic nitrogens is 2. The van der Waals surface area contributed by atoms with E-state index in [0.717, 1.165) is 24.6 Å². The Labute approximate surface area is 90.5 Å². The first-order valence-electron chi connectivity index (χ1n) is 5.57. The fourth-order valence-electron chi connectivity index (χ4n) is 2.08. The lowest BCUT2D eigenvalue weighted by Gasteiger charge is -2.35. The summed E-state index contributed by atoms with van der Waals surface area (Å²) in [6.07, 6.45) is 5.46. The predicted molar refractivity (Wildman–Crippen MR) is 60.8 cm³/mol. The molecule has 1 fully saturated rings. The van der Waals surface area contributed by atoms with Crippen molar-refractivity contribution >= 4 is 5.95 Å².